The van der Waals surface area contributed by atoms with Crippen LogP contribution in [0.25, 0.3) is 0 Å². The molecule has 0 N–H and O–H groups in total. The van der Waals surface area contributed by atoms with Crippen LogP contribution in [0, 0.1) is 0 Å². The molecule has 3 heteroatoms. The Balaban J connectivity index is 1.84. The van der Waals surface area contributed by atoms with E-state index in [0.29, 0.717) is 12.2 Å². The molecule has 0 saturated carbocycles. The number of ether oxygens (including phenoxy) is 2. The van der Waals surface area contributed by atoms with Crippen molar-refractivity contribution >= 4 is 5.97 Å². The molecule has 0 unspecified atom stereocenters. The lowest BCUT2D eigenvalue weighted by Crippen LogP contribution is -2.06. The van der Waals surface area contributed by atoms with Crippen molar-refractivity contribution in [2.24, 2.45) is 0 Å². The predicted octanol–water partition coefficient (Wildman–Crippen LogP) is 4.92. The molecule has 0 saturated heterocycles. The minimum Gasteiger partial charge on any atom is -0.462 e. The molecular formula is C20H22O3. The van der Waals surface area contributed by atoms with Gasteiger partial charge in [0.25, 0.3) is 0 Å². The van der Waals surface area contributed by atoms with Crippen molar-refractivity contribution < 1.29 is 14.3 Å². The van der Waals surface area contributed by atoms with E-state index in [4.69, 9.17) is 9.47 Å². The first-order valence-corrected chi connectivity index (χ1v) is 7.80. The average Bonchev–Trinajstić information content (AvgIpc) is 2.56. The van der Waals surface area contributed by atoms with Gasteiger partial charge < -0.3 is 9.47 Å². The Morgan fingerprint density at radius 3 is 2.43 bits per heavy atom. The number of hydrogen-bond acceptors (Lipinski definition) is 3. The van der Waals surface area contributed by atoms with Crippen LogP contribution in [-0.2, 0) is 16.0 Å². The molecule has 0 radical (unpaired) electrons. The predicted molar refractivity (Wildman–Crippen MR) is 91.7 cm³/mol. The van der Waals surface area contributed by atoms with Crippen molar-refractivity contribution in [1.82, 2.24) is 0 Å². The van der Waals surface area contributed by atoms with Gasteiger partial charge in [0.15, 0.2) is 0 Å². The van der Waals surface area contributed by atoms with Crippen LogP contribution < -0.4 is 4.74 Å². The number of carbonyl (C=O) groups is 1. The number of unbranched alkanes of at least 4 members (excludes halogenated alkanes) is 1. The second-order valence-electron chi connectivity index (χ2n) is 5.40. The summed E-state index contributed by atoms with van der Waals surface area (Å²) in [5.41, 5.74) is 1.59. The molecule has 2 rings (SSSR count). The Morgan fingerprint density at radius 2 is 1.70 bits per heavy atom. The molecule has 2 aromatic rings. The lowest BCUT2D eigenvalue weighted by atomic mass is 10.1. The topological polar surface area (TPSA) is 35.5 Å². The third-order valence-electron chi connectivity index (χ3n) is 3.37. The fraction of sp³-hybridized carbons (Fsp3) is 0.250. The van der Waals surface area contributed by atoms with E-state index in [-0.39, 0.29) is 5.97 Å². The van der Waals surface area contributed by atoms with Crippen molar-refractivity contribution in [3.63, 3.8) is 0 Å². The summed E-state index contributed by atoms with van der Waals surface area (Å²) in [5.74, 6) is 1.38. The normalized spacial score (nSPS) is 10.1. The molecule has 2 aromatic carbocycles. The van der Waals surface area contributed by atoms with Crippen LogP contribution in [0.1, 0.15) is 25.3 Å². The summed E-state index contributed by atoms with van der Waals surface area (Å²) in [5, 5.41) is 0. The first kappa shape index (κ1) is 16.8. The Labute approximate surface area is 137 Å². The summed E-state index contributed by atoms with van der Waals surface area (Å²) in [6.45, 7) is 5.64. The van der Waals surface area contributed by atoms with Crippen molar-refractivity contribution in [1.29, 1.82) is 0 Å². The lowest BCUT2D eigenvalue weighted by molar-refractivity contribution is -0.139. The summed E-state index contributed by atoms with van der Waals surface area (Å²) in [7, 11) is 0. The highest BCUT2D eigenvalue weighted by molar-refractivity contribution is 5.86. The fourth-order valence-electron chi connectivity index (χ4n) is 2.13. The molecular weight excluding hydrogens is 288 g/mol. The molecule has 0 aliphatic rings. The smallest absolute Gasteiger partial charge is 0.333 e. The molecule has 0 bridgehead atoms. The van der Waals surface area contributed by atoms with Crippen LogP contribution in [0.15, 0.2) is 66.7 Å². The largest absolute Gasteiger partial charge is 0.462 e. The summed E-state index contributed by atoms with van der Waals surface area (Å²) >= 11 is 0. The zero-order chi connectivity index (χ0) is 16.5. The van der Waals surface area contributed by atoms with E-state index < -0.39 is 0 Å². The van der Waals surface area contributed by atoms with Gasteiger partial charge in [0.1, 0.15) is 11.5 Å². The monoisotopic (exact) mass is 310 g/mol. The molecule has 0 aliphatic carbocycles. The Hall–Kier alpha value is -2.55. The van der Waals surface area contributed by atoms with Crippen LogP contribution in [0.5, 0.6) is 11.5 Å². The van der Waals surface area contributed by atoms with E-state index in [1.165, 1.54) is 0 Å². The van der Waals surface area contributed by atoms with Gasteiger partial charge in [-0.3, -0.25) is 0 Å². The second kappa shape index (κ2) is 8.79. The second-order valence-corrected chi connectivity index (χ2v) is 5.40. The zero-order valence-electron chi connectivity index (χ0n) is 13.5. The van der Waals surface area contributed by atoms with Gasteiger partial charge in [-0.05, 0) is 49.9 Å². The van der Waals surface area contributed by atoms with Gasteiger partial charge in [0.05, 0.1) is 6.61 Å². The zero-order valence-corrected chi connectivity index (χ0v) is 13.5. The minimum absolute atomic E-state index is 0.321. The SMILES string of the molecule is C=C(C)C(=O)OCCCCc1ccccc1Oc1ccccc1. The lowest BCUT2D eigenvalue weighted by Gasteiger charge is -2.11. The number of rotatable bonds is 8. The van der Waals surface area contributed by atoms with E-state index in [0.717, 1.165) is 36.3 Å². The Kier molecular flexibility index (Phi) is 6.42. The van der Waals surface area contributed by atoms with Gasteiger partial charge >= 0.3 is 5.97 Å². The van der Waals surface area contributed by atoms with Gasteiger partial charge in [-0.15, -0.1) is 0 Å². The van der Waals surface area contributed by atoms with Crippen molar-refractivity contribution in [2.75, 3.05) is 6.61 Å². The highest BCUT2D eigenvalue weighted by atomic mass is 16.5. The third-order valence-corrected chi connectivity index (χ3v) is 3.37. The number of esters is 1. The summed E-state index contributed by atoms with van der Waals surface area (Å²) in [6, 6.07) is 17.8. The molecule has 0 aromatic heterocycles. The first-order valence-electron chi connectivity index (χ1n) is 7.80. The first-order chi connectivity index (χ1) is 11.2. The number of aryl methyl sites for hydroxylation is 1. The molecule has 0 atom stereocenters. The number of carbonyl (C=O) groups excluding carboxylic acids is 1. The maximum absolute atomic E-state index is 11.3. The van der Waals surface area contributed by atoms with Crippen LogP contribution in [0.2, 0.25) is 0 Å². The van der Waals surface area contributed by atoms with Crippen LogP contribution >= 0.6 is 0 Å². The molecule has 23 heavy (non-hydrogen) atoms. The molecule has 0 spiro atoms. The number of hydrogen-bond donors (Lipinski definition) is 0. The molecule has 0 aliphatic heterocycles. The Bertz CT molecular complexity index is 647. The van der Waals surface area contributed by atoms with Crippen LogP contribution in [0.3, 0.4) is 0 Å². The van der Waals surface area contributed by atoms with Gasteiger partial charge in [-0.1, -0.05) is 43.0 Å². The van der Waals surface area contributed by atoms with E-state index in [1.807, 2.05) is 48.5 Å². The van der Waals surface area contributed by atoms with Gasteiger partial charge in [-0.25, -0.2) is 4.79 Å². The van der Waals surface area contributed by atoms with Gasteiger partial charge in [-0.2, -0.15) is 0 Å². The average molecular weight is 310 g/mol. The van der Waals surface area contributed by atoms with E-state index in [2.05, 4.69) is 12.6 Å². The van der Waals surface area contributed by atoms with Crippen LogP contribution in [0.4, 0.5) is 0 Å². The summed E-state index contributed by atoms with van der Waals surface area (Å²) in [4.78, 5) is 11.3. The van der Waals surface area contributed by atoms with Crippen molar-refractivity contribution in [2.45, 2.75) is 26.2 Å². The standard InChI is InChI=1S/C20H22O3/c1-16(2)20(21)22-15-9-8-11-17-10-6-7-14-19(17)23-18-12-4-3-5-13-18/h3-7,10,12-14H,1,8-9,11,15H2,2H3. The maximum atomic E-state index is 11.3. The van der Waals surface area contributed by atoms with Gasteiger partial charge in [0, 0.05) is 5.57 Å². The van der Waals surface area contributed by atoms with E-state index in [9.17, 15) is 4.79 Å². The highest BCUT2D eigenvalue weighted by Crippen LogP contribution is 2.26. The van der Waals surface area contributed by atoms with Gasteiger partial charge in [0.2, 0.25) is 0 Å². The quantitative estimate of drug-likeness (QED) is 0.394. The van der Waals surface area contributed by atoms with E-state index >= 15 is 0 Å². The molecule has 120 valence electrons. The summed E-state index contributed by atoms with van der Waals surface area (Å²) in [6.07, 6.45) is 2.63. The molecule has 0 fully saturated rings. The maximum Gasteiger partial charge on any atom is 0.333 e. The van der Waals surface area contributed by atoms with E-state index in [1.54, 1.807) is 6.92 Å². The molecule has 3 nitrogen and oxygen atoms in total. The summed E-state index contributed by atoms with van der Waals surface area (Å²) < 4.78 is 11.0. The number of benzene rings is 2. The molecule has 0 heterocycles. The fourth-order valence-corrected chi connectivity index (χ4v) is 2.13. The minimum atomic E-state index is -0.321. The van der Waals surface area contributed by atoms with Crippen molar-refractivity contribution in [3.8, 4) is 11.5 Å². The van der Waals surface area contributed by atoms with Crippen LogP contribution in [-0.4, -0.2) is 12.6 Å². The third kappa shape index (κ3) is 5.62. The molecule has 0 amide bonds. The van der Waals surface area contributed by atoms with Crippen molar-refractivity contribution in [3.05, 3.63) is 72.3 Å². The Morgan fingerprint density at radius 1 is 1.00 bits per heavy atom. The highest BCUT2D eigenvalue weighted by Gasteiger charge is 2.05. The number of para-hydroxylation sites is 2.